The molecule has 2 rings (SSSR count). The van der Waals surface area contributed by atoms with Gasteiger partial charge < -0.3 is 10.4 Å². The molecule has 0 aliphatic heterocycles. The molecule has 1 heterocycles. The van der Waals surface area contributed by atoms with Crippen LogP contribution in [0.15, 0.2) is 23.7 Å². The number of aromatic nitrogens is 1. The van der Waals surface area contributed by atoms with Crippen LogP contribution < -0.4 is 5.32 Å². The number of nitrogens with zero attached hydrogens (tertiary/aromatic N) is 1. The SMILES string of the molecule is O=C(O)CNC(=O)c1ccc2ncsc2c1. The highest BCUT2D eigenvalue weighted by Crippen LogP contribution is 2.18. The van der Waals surface area contributed by atoms with Crippen LogP contribution in [0.3, 0.4) is 0 Å². The summed E-state index contributed by atoms with van der Waals surface area (Å²) in [5.41, 5.74) is 2.97. The molecule has 6 heteroatoms. The van der Waals surface area contributed by atoms with Crippen LogP contribution in [0.2, 0.25) is 0 Å². The molecule has 0 spiro atoms. The van der Waals surface area contributed by atoms with E-state index in [1.165, 1.54) is 11.3 Å². The summed E-state index contributed by atoms with van der Waals surface area (Å²) >= 11 is 1.44. The second kappa shape index (κ2) is 4.28. The Morgan fingerprint density at radius 1 is 1.44 bits per heavy atom. The Morgan fingerprint density at radius 3 is 3.00 bits per heavy atom. The van der Waals surface area contributed by atoms with Crippen molar-refractivity contribution >= 4 is 33.4 Å². The van der Waals surface area contributed by atoms with Gasteiger partial charge in [0.25, 0.3) is 5.91 Å². The lowest BCUT2D eigenvalue weighted by Gasteiger charge is -2.01. The molecular formula is C10H8N2O3S. The normalized spacial score (nSPS) is 10.2. The van der Waals surface area contributed by atoms with Crippen LogP contribution in [-0.2, 0) is 4.79 Å². The molecule has 2 N–H and O–H groups in total. The van der Waals surface area contributed by atoms with Crippen LogP contribution in [0, 0.1) is 0 Å². The quantitative estimate of drug-likeness (QED) is 0.836. The number of fused-ring (bicyclic) bond motifs is 1. The fraction of sp³-hybridized carbons (Fsp3) is 0.100. The van der Waals surface area contributed by atoms with Crippen molar-refractivity contribution in [1.29, 1.82) is 0 Å². The lowest BCUT2D eigenvalue weighted by molar-refractivity contribution is -0.135. The van der Waals surface area contributed by atoms with E-state index >= 15 is 0 Å². The largest absolute Gasteiger partial charge is 0.480 e. The first-order valence-corrected chi connectivity index (χ1v) is 5.38. The maximum atomic E-state index is 11.5. The number of carboxylic acids is 1. The van der Waals surface area contributed by atoms with Gasteiger partial charge >= 0.3 is 5.97 Å². The number of amides is 1. The number of benzene rings is 1. The van der Waals surface area contributed by atoms with E-state index in [1.807, 2.05) is 0 Å². The molecule has 0 atom stereocenters. The zero-order valence-corrected chi connectivity index (χ0v) is 8.95. The van der Waals surface area contributed by atoms with Gasteiger partial charge in [0.2, 0.25) is 0 Å². The van der Waals surface area contributed by atoms with E-state index in [1.54, 1.807) is 23.7 Å². The molecule has 0 unspecified atom stereocenters. The Hall–Kier alpha value is -1.95. The van der Waals surface area contributed by atoms with Gasteiger partial charge in [-0.05, 0) is 18.2 Å². The number of hydrogen-bond acceptors (Lipinski definition) is 4. The van der Waals surface area contributed by atoms with Crippen molar-refractivity contribution in [2.45, 2.75) is 0 Å². The number of hydrogen-bond donors (Lipinski definition) is 2. The summed E-state index contributed by atoms with van der Waals surface area (Å²) in [6.45, 7) is -0.375. The number of carbonyl (C=O) groups excluding carboxylic acids is 1. The van der Waals surface area contributed by atoms with Crippen LogP contribution in [0.25, 0.3) is 10.2 Å². The highest BCUT2D eigenvalue weighted by Gasteiger charge is 2.08. The van der Waals surface area contributed by atoms with Gasteiger partial charge in [-0.1, -0.05) is 0 Å². The Balaban J connectivity index is 2.19. The van der Waals surface area contributed by atoms with Crippen LogP contribution in [-0.4, -0.2) is 28.5 Å². The van der Waals surface area contributed by atoms with E-state index in [4.69, 9.17) is 5.11 Å². The average molecular weight is 236 g/mol. The summed E-state index contributed by atoms with van der Waals surface area (Å²) in [4.78, 5) is 25.9. The first-order chi connectivity index (χ1) is 7.66. The first-order valence-electron chi connectivity index (χ1n) is 4.50. The number of carboxylic acid groups (broad SMARTS) is 1. The molecule has 0 aliphatic rings. The summed E-state index contributed by atoms with van der Waals surface area (Å²) in [7, 11) is 0. The molecule has 0 aliphatic carbocycles. The third kappa shape index (κ3) is 2.17. The van der Waals surface area contributed by atoms with Gasteiger partial charge in [0.1, 0.15) is 6.54 Å². The summed E-state index contributed by atoms with van der Waals surface area (Å²) in [6.07, 6.45) is 0. The van der Waals surface area contributed by atoms with Gasteiger partial charge in [-0.2, -0.15) is 0 Å². The van der Waals surface area contributed by atoms with Crippen molar-refractivity contribution in [2.75, 3.05) is 6.54 Å². The van der Waals surface area contributed by atoms with Gasteiger partial charge in [0.05, 0.1) is 15.7 Å². The molecule has 0 saturated heterocycles. The van der Waals surface area contributed by atoms with E-state index in [2.05, 4.69) is 10.3 Å². The molecule has 5 nitrogen and oxygen atoms in total. The van der Waals surface area contributed by atoms with Crippen molar-refractivity contribution in [2.24, 2.45) is 0 Å². The topological polar surface area (TPSA) is 79.3 Å². The van der Waals surface area contributed by atoms with Gasteiger partial charge in [-0.15, -0.1) is 11.3 Å². The summed E-state index contributed by atoms with van der Waals surface area (Å²) in [5.74, 6) is -1.45. The molecule has 0 fully saturated rings. The van der Waals surface area contributed by atoms with Gasteiger partial charge in [-0.25, -0.2) is 4.98 Å². The third-order valence-electron chi connectivity index (χ3n) is 1.99. The number of rotatable bonds is 3. The maximum Gasteiger partial charge on any atom is 0.322 e. The number of carbonyl (C=O) groups is 2. The Morgan fingerprint density at radius 2 is 2.25 bits per heavy atom. The molecule has 2 aromatic rings. The lowest BCUT2D eigenvalue weighted by Crippen LogP contribution is -2.29. The van der Waals surface area contributed by atoms with E-state index < -0.39 is 11.9 Å². The summed E-state index contributed by atoms with van der Waals surface area (Å²) in [5, 5.41) is 10.7. The minimum Gasteiger partial charge on any atom is -0.480 e. The van der Waals surface area contributed by atoms with Gasteiger partial charge in [0.15, 0.2) is 0 Å². The first kappa shape index (κ1) is 10.6. The number of aliphatic carboxylic acids is 1. The maximum absolute atomic E-state index is 11.5. The Labute approximate surface area is 94.7 Å². The minimum absolute atomic E-state index is 0.375. The monoisotopic (exact) mass is 236 g/mol. The standard InChI is InChI=1S/C10H8N2O3S/c13-9(14)4-11-10(15)6-1-2-7-8(3-6)16-5-12-7/h1-3,5H,4H2,(H,11,15)(H,13,14). The fourth-order valence-corrected chi connectivity index (χ4v) is 1.97. The molecular weight excluding hydrogens is 228 g/mol. The lowest BCUT2D eigenvalue weighted by atomic mass is 10.2. The van der Waals surface area contributed by atoms with E-state index in [0.717, 1.165) is 10.2 Å². The highest BCUT2D eigenvalue weighted by molar-refractivity contribution is 7.16. The van der Waals surface area contributed by atoms with Crippen molar-refractivity contribution in [3.63, 3.8) is 0 Å². The molecule has 16 heavy (non-hydrogen) atoms. The zero-order valence-electron chi connectivity index (χ0n) is 8.14. The van der Waals surface area contributed by atoms with Crippen molar-refractivity contribution in [1.82, 2.24) is 10.3 Å². The predicted octanol–water partition coefficient (Wildman–Crippen LogP) is 1.11. The minimum atomic E-state index is -1.06. The zero-order chi connectivity index (χ0) is 11.5. The highest BCUT2D eigenvalue weighted by atomic mass is 32.1. The van der Waals surface area contributed by atoms with Crippen LogP contribution in [0.5, 0.6) is 0 Å². The smallest absolute Gasteiger partial charge is 0.322 e. The predicted molar refractivity (Wildman–Crippen MR) is 59.6 cm³/mol. The van der Waals surface area contributed by atoms with Gasteiger partial charge in [-0.3, -0.25) is 9.59 Å². The molecule has 1 amide bonds. The number of nitrogens with one attached hydrogen (secondary N) is 1. The molecule has 0 saturated carbocycles. The molecule has 82 valence electrons. The van der Waals surface area contributed by atoms with E-state index in [-0.39, 0.29) is 6.54 Å². The van der Waals surface area contributed by atoms with Crippen LogP contribution >= 0.6 is 11.3 Å². The Bertz CT molecular complexity index is 550. The van der Waals surface area contributed by atoms with Crippen molar-refractivity contribution in [3.8, 4) is 0 Å². The third-order valence-corrected chi connectivity index (χ3v) is 2.79. The average Bonchev–Trinajstić information content (AvgIpc) is 2.72. The molecule has 0 radical (unpaired) electrons. The van der Waals surface area contributed by atoms with E-state index in [9.17, 15) is 9.59 Å². The summed E-state index contributed by atoms with van der Waals surface area (Å²) in [6, 6.07) is 5.06. The second-order valence-corrected chi connectivity index (χ2v) is 4.00. The fourth-order valence-electron chi connectivity index (χ4n) is 1.25. The van der Waals surface area contributed by atoms with Crippen molar-refractivity contribution in [3.05, 3.63) is 29.3 Å². The van der Waals surface area contributed by atoms with Crippen molar-refractivity contribution < 1.29 is 14.7 Å². The molecule has 1 aromatic heterocycles. The van der Waals surface area contributed by atoms with Crippen LogP contribution in [0.1, 0.15) is 10.4 Å². The number of thiazole rings is 1. The second-order valence-electron chi connectivity index (χ2n) is 3.11. The van der Waals surface area contributed by atoms with Gasteiger partial charge in [0, 0.05) is 5.56 Å². The molecule has 1 aromatic carbocycles. The van der Waals surface area contributed by atoms with E-state index in [0.29, 0.717) is 5.56 Å². The molecule has 0 bridgehead atoms. The van der Waals surface area contributed by atoms with Crippen LogP contribution in [0.4, 0.5) is 0 Å². The Kier molecular flexibility index (Phi) is 2.82. The summed E-state index contributed by atoms with van der Waals surface area (Å²) < 4.78 is 0.906.